The molecule has 0 aromatic heterocycles. The molecule has 0 N–H and O–H groups in total. The first kappa shape index (κ1) is 41.2. The Bertz CT molecular complexity index is 2880. The van der Waals surface area contributed by atoms with E-state index in [-0.39, 0.29) is 30.1 Å². The van der Waals surface area contributed by atoms with Gasteiger partial charge in [-0.05, 0) is 61.7 Å². The van der Waals surface area contributed by atoms with Crippen LogP contribution < -0.4 is 9.80 Å². The van der Waals surface area contributed by atoms with Gasteiger partial charge in [0.15, 0.2) is 5.78 Å². The van der Waals surface area contributed by atoms with Crippen LogP contribution in [0.3, 0.4) is 0 Å². The Morgan fingerprint density at radius 1 is 0.688 bits per heavy atom. The topological polar surface area (TPSA) is 123 Å². The Hall–Kier alpha value is -6.82. The quantitative estimate of drug-likeness (QED) is 0.0871. The molecule has 0 radical (unpaired) electrons. The van der Waals surface area contributed by atoms with Crippen molar-refractivity contribution in [1.82, 2.24) is 4.90 Å². The van der Waals surface area contributed by atoms with Gasteiger partial charge in [-0.25, -0.2) is 9.59 Å². The Labute approximate surface area is 375 Å². The summed E-state index contributed by atoms with van der Waals surface area (Å²) in [6.45, 7) is 5.91. The van der Waals surface area contributed by atoms with E-state index < -0.39 is 58.9 Å². The lowest BCUT2D eigenvalue weighted by Gasteiger charge is -2.63. The van der Waals surface area contributed by atoms with Gasteiger partial charge < -0.3 is 28.9 Å². The molecule has 322 valence electrons. The smallest absolute Gasteiger partial charge is 0.355 e. The molecule has 0 saturated carbocycles. The minimum atomic E-state index is -2.25. The summed E-state index contributed by atoms with van der Waals surface area (Å²) in [7, 11) is 2.37. The number of ether oxygens (including phenoxy) is 3. The van der Waals surface area contributed by atoms with Gasteiger partial charge in [0.2, 0.25) is 11.5 Å². The van der Waals surface area contributed by atoms with Gasteiger partial charge in [0.05, 0.1) is 45.0 Å². The molecule has 5 aliphatic heterocycles. The van der Waals surface area contributed by atoms with E-state index in [1.54, 1.807) is 57.2 Å². The Balaban J connectivity index is 1.27. The van der Waals surface area contributed by atoms with Gasteiger partial charge >= 0.3 is 11.9 Å². The Morgan fingerprint density at radius 3 is 1.89 bits per heavy atom. The minimum Gasteiger partial charge on any atom is -0.465 e. The number of aryl methyl sites for hydroxylation is 2. The molecule has 6 atom stereocenters. The number of Topliss-reactive ketones (excluding diaryl/α,β-unsaturated/α-hetero) is 1. The fraction of sp³-hybridized carbons (Fsp3) is 0.250. The number of carbonyl (C=O) groups excluding carboxylic acids is 5. The molecule has 5 aromatic carbocycles. The number of benzene rings is 5. The highest BCUT2D eigenvalue weighted by molar-refractivity contribution is 6.31. The van der Waals surface area contributed by atoms with Crippen molar-refractivity contribution in [2.45, 2.75) is 57.1 Å². The van der Waals surface area contributed by atoms with E-state index in [2.05, 4.69) is 0 Å². The number of hydrogen-bond acceptors (Lipinski definition) is 9. The molecule has 0 unspecified atom stereocenters. The number of carbonyl (C=O) groups is 5. The summed E-state index contributed by atoms with van der Waals surface area (Å²) in [6, 6.07) is 35.7. The normalized spacial score (nSPS) is 25.1. The van der Waals surface area contributed by atoms with Crippen molar-refractivity contribution in [2.75, 3.05) is 24.0 Å². The number of anilines is 2. The van der Waals surface area contributed by atoms with E-state index >= 15 is 14.4 Å². The SMILES string of the molecule is COC(=O)C1=C(C(=O)OC)[C@@]2(O[C@H]3[C@@H]4C=C(C)[C@H](N13)[C@]1(C(=O)N(Cc3ccccc3)c3ccc(Cl)cc31)[C@H]4C(=O)c1ccc(C)cc1)C(=O)N(Cc1ccccc1)c1ccc(C)cc12. The zero-order valence-electron chi connectivity index (χ0n) is 35.8. The third-order valence-electron chi connectivity index (χ3n) is 13.6. The molecule has 2 bridgehead atoms. The maximum absolute atomic E-state index is 16.2. The largest absolute Gasteiger partial charge is 0.465 e. The van der Waals surface area contributed by atoms with Crippen molar-refractivity contribution in [1.29, 1.82) is 0 Å². The number of methoxy groups -OCH3 is 2. The lowest BCUT2D eigenvalue weighted by atomic mass is 9.51. The van der Waals surface area contributed by atoms with Gasteiger partial charge in [-0.1, -0.05) is 131 Å². The number of esters is 2. The zero-order valence-corrected chi connectivity index (χ0v) is 36.6. The molecule has 11 rings (SSSR count). The highest BCUT2D eigenvalue weighted by Crippen LogP contribution is 2.65. The van der Waals surface area contributed by atoms with Gasteiger partial charge in [0, 0.05) is 27.8 Å². The third kappa shape index (κ3) is 5.73. The number of halogens is 1. The third-order valence-corrected chi connectivity index (χ3v) is 13.9. The van der Waals surface area contributed by atoms with Gasteiger partial charge in [0.25, 0.3) is 5.91 Å². The van der Waals surface area contributed by atoms with Crippen LogP contribution in [-0.4, -0.2) is 60.9 Å². The summed E-state index contributed by atoms with van der Waals surface area (Å²) in [5.74, 6) is -5.47. The van der Waals surface area contributed by atoms with E-state index in [9.17, 15) is 9.59 Å². The summed E-state index contributed by atoms with van der Waals surface area (Å²) >= 11 is 6.88. The van der Waals surface area contributed by atoms with Crippen molar-refractivity contribution in [3.8, 4) is 0 Å². The highest BCUT2D eigenvalue weighted by atomic mass is 35.5. The standard InChI is InChI=1S/C52H44ClN3O8/c1-29-16-19-34(20-17-29)44(57)41-36-25-31(3)45(51(41)37-26-35(53)21-23-39(37)54(49(51)60)27-32-12-8-6-9-13-32)56-43(48(59)63-5)42(47(58)62-4)52(64-46(36)56)38-24-30(2)18-22-40(38)55(50(52)61)28-33-14-10-7-11-15-33/h6-26,36,41,45-46H,27-28H2,1-5H3/t36-,41-,45+,46+,51-,52-/m1/s1. The Kier molecular flexibility index (Phi) is 9.77. The Morgan fingerprint density at radius 2 is 1.27 bits per heavy atom. The molecule has 2 amide bonds. The van der Waals surface area contributed by atoms with Gasteiger partial charge in [-0.3, -0.25) is 14.4 Å². The van der Waals surface area contributed by atoms with Crippen LogP contribution in [0.15, 0.2) is 144 Å². The molecule has 1 saturated heterocycles. The highest BCUT2D eigenvalue weighted by Gasteiger charge is 2.75. The first-order valence-electron chi connectivity index (χ1n) is 21.2. The van der Waals surface area contributed by atoms with E-state index in [4.69, 9.17) is 25.8 Å². The van der Waals surface area contributed by atoms with Crippen LogP contribution in [0, 0.1) is 25.7 Å². The van der Waals surface area contributed by atoms with E-state index in [0.29, 0.717) is 38.7 Å². The molecule has 12 heteroatoms. The number of fused-ring (bicyclic) bond motifs is 3. The van der Waals surface area contributed by atoms with Crippen molar-refractivity contribution in [3.05, 3.63) is 188 Å². The zero-order chi connectivity index (χ0) is 44.8. The molecule has 1 aliphatic carbocycles. The van der Waals surface area contributed by atoms with Crippen molar-refractivity contribution in [2.24, 2.45) is 11.8 Å². The molecule has 2 spiro atoms. The molecule has 64 heavy (non-hydrogen) atoms. The van der Waals surface area contributed by atoms with E-state index in [0.717, 1.165) is 22.3 Å². The second kappa shape index (κ2) is 15.2. The van der Waals surface area contributed by atoms with Gasteiger partial charge in [-0.2, -0.15) is 0 Å². The second-order valence-electron chi connectivity index (χ2n) is 17.2. The first-order valence-corrected chi connectivity index (χ1v) is 21.5. The van der Waals surface area contributed by atoms with Crippen LogP contribution in [-0.2, 0) is 57.5 Å². The lowest BCUT2D eigenvalue weighted by Crippen LogP contribution is -2.76. The summed E-state index contributed by atoms with van der Waals surface area (Å²) in [4.78, 5) is 82.1. The molecule has 11 nitrogen and oxygen atoms in total. The monoisotopic (exact) mass is 873 g/mol. The lowest BCUT2D eigenvalue weighted by molar-refractivity contribution is -0.218. The average molecular weight is 874 g/mol. The predicted octanol–water partition coefficient (Wildman–Crippen LogP) is 7.90. The van der Waals surface area contributed by atoms with Crippen LogP contribution >= 0.6 is 11.6 Å². The number of piperidine rings is 1. The fourth-order valence-corrected chi connectivity index (χ4v) is 11.2. The molecule has 5 aromatic rings. The first-order chi connectivity index (χ1) is 30.9. The van der Waals surface area contributed by atoms with Crippen LogP contribution in [0.4, 0.5) is 11.4 Å². The number of hydrogen-bond donors (Lipinski definition) is 0. The maximum atomic E-state index is 16.2. The number of rotatable bonds is 8. The minimum absolute atomic E-state index is 0.114. The van der Waals surface area contributed by atoms with E-state index in [1.807, 2.05) is 106 Å². The summed E-state index contributed by atoms with van der Waals surface area (Å²) in [5.41, 5.74) is 1.53. The molecule has 1 fully saturated rings. The van der Waals surface area contributed by atoms with Crippen LogP contribution in [0.1, 0.15) is 50.7 Å². The van der Waals surface area contributed by atoms with Crippen molar-refractivity contribution in [3.63, 3.8) is 0 Å². The van der Waals surface area contributed by atoms with Crippen LogP contribution in [0.5, 0.6) is 0 Å². The summed E-state index contributed by atoms with van der Waals surface area (Å²) < 4.78 is 18.5. The molecule has 5 heterocycles. The summed E-state index contributed by atoms with van der Waals surface area (Å²) in [5, 5.41) is 0.337. The van der Waals surface area contributed by atoms with Crippen LogP contribution in [0.2, 0.25) is 5.02 Å². The average Bonchev–Trinajstić information content (AvgIpc) is 3.65. The molecule has 6 aliphatic rings. The predicted molar refractivity (Wildman–Crippen MR) is 239 cm³/mol. The number of ketones is 1. The van der Waals surface area contributed by atoms with Crippen molar-refractivity contribution >= 4 is 52.5 Å². The van der Waals surface area contributed by atoms with Crippen LogP contribution in [0.25, 0.3) is 0 Å². The summed E-state index contributed by atoms with van der Waals surface area (Å²) in [6.07, 6.45) is 0.656. The van der Waals surface area contributed by atoms with Gasteiger partial charge in [-0.15, -0.1) is 0 Å². The number of amides is 2. The van der Waals surface area contributed by atoms with Gasteiger partial charge in [0.1, 0.15) is 22.9 Å². The molecular formula is C52H44ClN3O8. The fourth-order valence-electron chi connectivity index (χ4n) is 11.1. The number of nitrogens with zero attached hydrogens (tertiary/aromatic N) is 3. The second-order valence-corrected chi connectivity index (χ2v) is 17.6. The maximum Gasteiger partial charge on any atom is 0.355 e. The van der Waals surface area contributed by atoms with Crippen molar-refractivity contribution < 1.29 is 38.2 Å². The molecular weight excluding hydrogens is 830 g/mol. The van der Waals surface area contributed by atoms with E-state index in [1.165, 1.54) is 14.2 Å².